The number of benzene rings is 1. The maximum absolute atomic E-state index is 11.8. The van der Waals surface area contributed by atoms with E-state index in [1.54, 1.807) is 36.4 Å². The van der Waals surface area contributed by atoms with Crippen LogP contribution in [0.2, 0.25) is 5.02 Å². The standard InChI is InChI=1S/C15H13ClN2O2/c16-12-8-9-17-14(10-12)18-15(20)7-6-13(19)11-4-2-1-3-5-11/h1-5,8-10H,6-7H2,(H,17,18,20). The van der Waals surface area contributed by atoms with Gasteiger partial charge in [0.05, 0.1) is 0 Å². The Morgan fingerprint density at radius 2 is 1.85 bits per heavy atom. The van der Waals surface area contributed by atoms with Gasteiger partial charge in [-0.2, -0.15) is 0 Å². The average Bonchev–Trinajstić information content (AvgIpc) is 2.46. The number of carbonyl (C=O) groups excluding carboxylic acids is 2. The fourth-order valence-electron chi connectivity index (χ4n) is 1.67. The first-order chi connectivity index (χ1) is 9.65. The van der Waals surface area contributed by atoms with Gasteiger partial charge in [-0.1, -0.05) is 41.9 Å². The van der Waals surface area contributed by atoms with Gasteiger partial charge in [-0.3, -0.25) is 9.59 Å². The molecule has 0 aliphatic rings. The molecule has 1 aromatic heterocycles. The second-order valence-electron chi connectivity index (χ2n) is 4.20. The average molecular weight is 289 g/mol. The van der Waals surface area contributed by atoms with Gasteiger partial charge < -0.3 is 5.32 Å². The van der Waals surface area contributed by atoms with Gasteiger partial charge >= 0.3 is 0 Å². The van der Waals surface area contributed by atoms with E-state index in [4.69, 9.17) is 11.6 Å². The number of nitrogens with zero attached hydrogens (tertiary/aromatic N) is 1. The lowest BCUT2D eigenvalue weighted by molar-refractivity contribution is -0.116. The van der Waals surface area contributed by atoms with Crippen LogP contribution in [-0.4, -0.2) is 16.7 Å². The van der Waals surface area contributed by atoms with Crippen LogP contribution in [0.5, 0.6) is 0 Å². The van der Waals surface area contributed by atoms with E-state index in [-0.39, 0.29) is 24.5 Å². The van der Waals surface area contributed by atoms with Gasteiger partial charge in [-0.05, 0) is 12.1 Å². The quantitative estimate of drug-likeness (QED) is 0.859. The molecule has 2 aromatic rings. The molecule has 0 bridgehead atoms. The van der Waals surface area contributed by atoms with Gasteiger partial charge in [-0.15, -0.1) is 0 Å². The number of Topliss-reactive ketones (excluding diaryl/α,β-unsaturated/α-hetero) is 1. The Labute approximate surface area is 121 Å². The number of aromatic nitrogens is 1. The maximum Gasteiger partial charge on any atom is 0.225 e. The van der Waals surface area contributed by atoms with Crippen LogP contribution in [-0.2, 0) is 4.79 Å². The number of pyridine rings is 1. The first-order valence-electron chi connectivity index (χ1n) is 6.15. The molecule has 0 unspecified atom stereocenters. The number of amides is 1. The Bertz CT molecular complexity index is 614. The zero-order chi connectivity index (χ0) is 14.4. The summed E-state index contributed by atoms with van der Waals surface area (Å²) in [4.78, 5) is 27.5. The van der Waals surface area contributed by atoms with Gasteiger partial charge in [0.25, 0.3) is 0 Å². The summed E-state index contributed by atoms with van der Waals surface area (Å²) in [7, 11) is 0. The third-order valence-electron chi connectivity index (χ3n) is 2.66. The molecule has 0 saturated heterocycles. The predicted octanol–water partition coefficient (Wildman–Crippen LogP) is 3.34. The van der Waals surface area contributed by atoms with E-state index in [1.807, 2.05) is 6.07 Å². The molecule has 5 heteroatoms. The highest BCUT2D eigenvalue weighted by molar-refractivity contribution is 6.30. The molecular weight excluding hydrogens is 276 g/mol. The SMILES string of the molecule is O=C(CCC(=O)c1ccccc1)Nc1cc(Cl)ccn1. The van der Waals surface area contributed by atoms with Crippen LogP contribution in [0.3, 0.4) is 0 Å². The fourth-order valence-corrected chi connectivity index (χ4v) is 1.83. The molecule has 0 spiro atoms. The summed E-state index contributed by atoms with van der Waals surface area (Å²) >= 11 is 5.79. The Balaban J connectivity index is 1.85. The largest absolute Gasteiger partial charge is 0.311 e. The van der Waals surface area contributed by atoms with Crippen molar-refractivity contribution in [2.75, 3.05) is 5.32 Å². The van der Waals surface area contributed by atoms with Crippen molar-refractivity contribution in [3.63, 3.8) is 0 Å². The Morgan fingerprint density at radius 1 is 1.10 bits per heavy atom. The van der Waals surface area contributed by atoms with Crippen molar-refractivity contribution in [2.24, 2.45) is 0 Å². The highest BCUT2D eigenvalue weighted by Gasteiger charge is 2.09. The molecule has 1 heterocycles. The lowest BCUT2D eigenvalue weighted by Crippen LogP contribution is -2.14. The highest BCUT2D eigenvalue weighted by atomic mass is 35.5. The molecule has 0 fully saturated rings. The zero-order valence-electron chi connectivity index (χ0n) is 10.7. The number of rotatable bonds is 5. The van der Waals surface area contributed by atoms with Crippen LogP contribution < -0.4 is 5.32 Å². The minimum atomic E-state index is -0.260. The molecular formula is C15H13ClN2O2. The summed E-state index contributed by atoms with van der Waals surface area (Å²) < 4.78 is 0. The summed E-state index contributed by atoms with van der Waals surface area (Å²) in [6, 6.07) is 12.1. The molecule has 1 amide bonds. The van der Waals surface area contributed by atoms with Crippen LogP contribution >= 0.6 is 11.6 Å². The van der Waals surface area contributed by atoms with Crippen molar-refractivity contribution in [2.45, 2.75) is 12.8 Å². The Kier molecular flexibility index (Phi) is 4.85. The number of halogens is 1. The van der Waals surface area contributed by atoms with E-state index in [1.165, 1.54) is 6.20 Å². The number of carbonyl (C=O) groups is 2. The third-order valence-corrected chi connectivity index (χ3v) is 2.90. The van der Waals surface area contributed by atoms with Gasteiger partial charge in [0, 0.05) is 29.6 Å². The van der Waals surface area contributed by atoms with Gasteiger partial charge in [0.1, 0.15) is 5.82 Å². The first-order valence-corrected chi connectivity index (χ1v) is 6.52. The van der Waals surface area contributed by atoms with Crippen molar-refractivity contribution in [1.29, 1.82) is 0 Å². The summed E-state index contributed by atoms with van der Waals surface area (Å²) in [6.07, 6.45) is 1.78. The van der Waals surface area contributed by atoms with Crippen LogP contribution in [0.4, 0.5) is 5.82 Å². The van der Waals surface area contributed by atoms with Crippen LogP contribution in [0.15, 0.2) is 48.7 Å². The number of hydrogen-bond acceptors (Lipinski definition) is 3. The first kappa shape index (κ1) is 14.2. The summed E-state index contributed by atoms with van der Waals surface area (Å²) in [5.74, 6) is 0.0681. The lowest BCUT2D eigenvalue weighted by atomic mass is 10.1. The number of hydrogen-bond donors (Lipinski definition) is 1. The Hall–Kier alpha value is -2.20. The van der Waals surface area contributed by atoms with Gasteiger partial charge in [0.15, 0.2) is 5.78 Å². The smallest absolute Gasteiger partial charge is 0.225 e. The summed E-state index contributed by atoms with van der Waals surface area (Å²) in [5.41, 5.74) is 0.612. The molecule has 0 atom stereocenters. The molecule has 102 valence electrons. The number of ketones is 1. The number of nitrogens with one attached hydrogen (secondary N) is 1. The van der Waals surface area contributed by atoms with Crippen LogP contribution in [0.1, 0.15) is 23.2 Å². The van der Waals surface area contributed by atoms with Crippen molar-refractivity contribution in [3.8, 4) is 0 Å². The van der Waals surface area contributed by atoms with Crippen LogP contribution in [0, 0.1) is 0 Å². The van der Waals surface area contributed by atoms with E-state index in [2.05, 4.69) is 10.3 Å². The molecule has 0 aliphatic heterocycles. The molecule has 4 nitrogen and oxygen atoms in total. The van der Waals surface area contributed by atoms with E-state index in [0.717, 1.165) is 0 Å². The van der Waals surface area contributed by atoms with E-state index in [0.29, 0.717) is 16.4 Å². The second-order valence-corrected chi connectivity index (χ2v) is 4.63. The second kappa shape index (κ2) is 6.82. The molecule has 1 aromatic carbocycles. The molecule has 0 aliphatic carbocycles. The van der Waals surface area contributed by atoms with Crippen molar-refractivity contribution < 1.29 is 9.59 Å². The van der Waals surface area contributed by atoms with E-state index < -0.39 is 0 Å². The van der Waals surface area contributed by atoms with E-state index in [9.17, 15) is 9.59 Å². The minimum Gasteiger partial charge on any atom is -0.311 e. The Morgan fingerprint density at radius 3 is 2.55 bits per heavy atom. The monoisotopic (exact) mass is 288 g/mol. The van der Waals surface area contributed by atoms with Crippen molar-refractivity contribution >= 4 is 29.1 Å². The zero-order valence-corrected chi connectivity index (χ0v) is 11.4. The van der Waals surface area contributed by atoms with Crippen molar-refractivity contribution in [3.05, 3.63) is 59.2 Å². The third kappa shape index (κ3) is 4.17. The summed E-state index contributed by atoms with van der Waals surface area (Å²) in [6.45, 7) is 0. The lowest BCUT2D eigenvalue weighted by Gasteiger charge is -2.04. The van der Waals surface area contributed by atoms with Gasteiger partial charge in [-0.25, -0.2) is 4.98 Å². The number of anilines is 1. The molecule has 2 rings (SSSR count). The summed E-state index contributed by atoms with van der Waals surface area (Å²) in [5, 5.41) is 3.10. The molecule has 20 heavy (non-hydrogen) atoms. The van der Waals surface area contributed by atoms with E-state index >= 15 is 0 Å². The normalized spacial score (nSPS) is 10.1. The minimum absolute atomic E-state index is 0.0557. The molecule has 0 saturated carbocycles. The molecule has 1 N–H and O–H groups in total. The van der Waals surface area contributed by atoms with Crippen LogP contribution in [0.25, 0.3) is 0 Å². The van der Waals surface area contributed by atoms with Gasteiger partial charge in [0.2, 0.25) is 5.91 Å². The predicted molar refractivity (Wildman–Crippen MR) is 77.9 cm³/mol. The van der Waals surface area contributed by atoms with Crippen molar-refractivity contribution in [1.82, 2.24) is 4.98 Å². The highest BCUT2D eigenvalue weighted by Crippen LogP contribution is 2.12. The topological polar surface area (TPSA) is 59.1 Å². The maximum atomic E-state index is 11.8. The fraction of sp³-hybridized carbons (Fsp3) is 0.133. The molecule has 0 radical (unpaired) electrons.